The summed E-state index contributed by atoms with van der Waals surface area (Å²) >= 11 is 1.27. The fourth-order valence-electron chi connectivity index (χ4n) is 0.866. The third-order valence-electron chi connectivity index (χ3n) is 1.58. The summed E-state index contributed by atoms with van der Waals surface area (Å²) < 4.78 is 0. The van der Waals surface area contributed by atoms with Gasteiger partial charge in [0.25, 0.3) is 0 Å². The van der Waals surface area contributed by atoms with Gasteiger partial charge in [0.1, 0.15) is 0 Å². The Morgan fingerprint density at radius 1 is 1.64 bits per heavy atom. The van der Waals surface area contributed by atoms with Crippen molar-refractivity contribution in [3.8, 4) is 0 Å². The van der Waals surface area contributed by atoms with Crippen molar-refractivity contribution >= 4 is 16.9 Å². The van der Waals surface area contributed by atoms with E-state index in [9.17, 15) is 4.79 Å². The van der Waals surface area contributed by atoms with Gasteiger partial charge in [0.15, 0.2) is 5.12 Å². The van der Waals surface area contributed by atoms with E-state index in [0.29, 0.717) is 6.42 Å². The molecule has 0 rings (SSSR count). The van der Waals surface area contributed by atoms with Crippen LogP contribution in [-0.4, -0.2) is 17.4 Å². The van der Waals surface area contributed by atoms with Crippen molar-refractivity contribution in [1.29, 1.82) is 0 Å². The molecule has 1 atom stereocenters. The Kier molecular flexibility index (Phi) is 6.66. The lowest BCUT2D eigenvalue weighted by atomic mass is 10.1. The summed E-state index contributed by atoms with van der Waals surface area (Å²) in [5.74, 6) is 0. The number of unbranched alkanes of at least 4 members (excludes halogenated alkanes) is 1. The normalized spacial score (nSPS) is 13.0. The first kappa shape index (κ1) is 11.0. The summed E-state index contributed by atoms with van der Waals surface area (Å²) in [7, 11) is 0. The molecule has 0 aromatic carbocycles. The summed E-state index contributed by atoms with van der Waals surface area (Å²) in [5, 5.41) is 0.202. The first-order valence-electron chi connectivity index (χ1n) is 4.03. The number of hydrogen-bond acceptors (Lipinski definition) is 3. The predicted molar refractivity (Wildman–Crippen MR) is 50.6 cm³/mol. The lowest BCUT2D eigenvalue weighted by Gasteiger charge is -2.07. The van der Waals surface area contributed by atoms with E-state index < -0.39 is 0 Å². The highest BCUT2D eigenvalue weighted by Crippen LogP contribution is 2.07. The van der Waals surface area contributed by atoms with Crippen molar-refractivity contribution in [3.05, 3.63) is 0 Å². The fourth-order valence-corrected chi connectivity index (χ4v) is 1.25. The van der Waals surface area contributed by atoms with Crippen LogP contribution in [0.1, 0.15) is 32.6 Å². The number of rotatable bonds is 5. The Bertz CT molecular complexity index is 117. The minimum atomic E-state index is 0.0786. The summed E-state index contributed by atoms with van der Waals surface area (Å²) in [6.45, 7) is 2.13. The van der Waals surface area contributed by atoms with E-state index in [1.54, 1.807) is 6.26 Å². The van der Waals surface area contributed by atoms with Gasteiger partial charge >= 0.3 is 0 Å². The van der Waals surface area contributed by atoms with Gasteiger partial charge in [-0.25, -0.2) is 0 Å². The molecule has 2 nitrogen and oxygen atoms in total. The molecule has 0 heterocycles. The van der Waals surface area contributed by atoms with E-state index in [2.05, 4.69) is 6.92 Å². The zero-order chi connectivity index (χ0) is 8.69. The Morgan fingerprint density at radius 3 is 2.73 bits per heavy atom. The third kappa shape index (κ3) is 6.38. The van der Waals surface area contributed by atoms with Gasteiger partial charge in [-0.05, 0) is 12.7 Å². The van der Waals surface area contributed by atoms with Crippen LogP contribution in [0.3, 0.4) is 0 Å². The molecular formula is C8H17NOS. The number of carbonyl (C=O) groups excluding carboxylic acids is 1. The van der Waals surface area contributed by atoms with Crippen molar-refractivity contribution in [2.75, 3.05) is 6.26 Å². The van der Waals surface area contributed by atoms with E-state index in [-0.39, 0.29) is 11.2 Å². The zero-order valence-electron chi connectivity index (χ0n) is 7.30. The molecule has 0 unspecified atom stereocenters. The summed E-state index contributed by atoms with van der Waals surface area (Å²) in [4.78, 5) is 10.9. The number of hydrogen-bond donors (Lipinski definition) is 1. The lowest BCUT2D eigenvalue weighted by Crippen LogP contribution is -2.22. The molecule has 0 aliphatic carbocycles. The quantitative estimate of drug-likeness (QED) is 0.692. The van der Waals surface area contributed by atoms with Gasteiger partial charge in [0, 0.05) is 12.5 Å². The SMILES string of the molecule is CCCC[C@H](N)CC(=O)SC. The van der Waals surface area contributed by atoms with Crippen LogP contribution in [0.15, 0.2) is 0 Å². The van der Waals surface area contributed by atoms with Crippen LogP contribution in [0.4, 0.5) is 0 Å². The van der Waals surface area contributed by atoms with Gasteiger partial charge in [0.2, 0.25) is 0 Å². The van der Waals surface area contributed by atoms with Gasteiger partial charge in [-0.15, -0.1) is 0 Å². The lowest BCUT2D eigenvalue weighted by molar-refractivity contribution is -0.111. The molecule has 2 N–H and O–H groups in total. The van der Waals surface area contributed by atoms with Gasteiger partial charge in [-0.3, -0.25) is 4.79 Å². The van der Waals surface area contributed by atoms with E-state index in [4.69, 9.17) is 5.73 Å². The molecule has 11 heavy (non-hydrogen) atoms. The maximum atomic E-state index is 10.9. The third-order valence-corrected chi connectivity index (χ3v) is 2.21. The molecule has 0 spiro atoms. The average molecular weight is 175 g/mol. The second-order valence-corrected chi connectivity index (χ2v) is 3.55. The molecule has 0 bridgehead atoms. The van der Waals surface area contributed by atoms with E-state index >= 15 is 0 Å². The number of thioether (sulfide) groups is 1. The van der Waals surface area contributed by atoms with Crippen molar-refractivity contribution in [2.45, 2.75) is 38.6 Å². The summed E-state index contributed by atoms with van der Waals surface area (Å²) in [6, 6.07) is 0.0786. The maximum absolute atomic E-state index is 10.9. The highest BCUT2D eigenvalue weighted by Gasteiger charge is 2.06. The monoisotopic (exact) mass is 175 g/mol. The molecule has 3 heteroatoms. The van der Waals surface area contributed by atoms with Crippen molar-refractivity contribution in [1.82, 2.24) is 0 Å². The van der Waals surface area contributed by atoms with E-state index in [1.807, 2.05) is 0 Å². The Balaban J connectivity index is 3.35. The first-order chi connectivity index (χ1) is 5.20. The van der Waals surface area contributed by atoms with Crippen molar-refractivity contribution in [3.63, 3.8) is 0 Å². The van der Waals surface area contributed by atoms with Crippen LogP contribution in [-0.2, 0) is 4.79 Å². The summed E-state index contributed by atoms with van der Waals surface area (Å²) in [5.41, 5.74) is 5.70. The van der Waals surface area contributed by atoms with E-state index in [0.717, 1.165) is 19.3 Å². The fraction of sp³-hybridized carbons (Fsp3) is 0.875. The van der Waals surface area contributed by atoms with Gasteiger partial charge in [-0.1, -0.05) is 31.5 Å². The smallest absolute Gasteiger partial charge is 0.190 e. The van der Waals surface area contributed by atoms with Gasteiger partial charge in [-0.2, -0.15) is 0 Å². The molecule has 0 radical (unpaired) electrons. The van der Waals surface area contributed by atoms with Crippen LogP contribution >= 0.6 is 11.8 Å². The largest absolute Gasteiger partial charge is 0.327 e. The first-order valence-corrected chi connectivity index (χ1v) is 5.25. The molecule has 0 fully saturated rings. The second kappa shape index (κ2) is 6.68. The standard InChI is InChI=1S/C8H17NOS/c1-3-4-5-7(9)6-8(10)11-2/h7H,3-6,9H2,1-2H3/t7-/m0/s1. The number of carbonyl (C=O) groups is 1. The zero-order valence-corrected chi connectivity index (χ0v) is 8.12. The predicted octanol–water partition coefficient (Wildman–Crippen LogP) is 1.78. The molecular weight excluding hydrogens is 158 g/mol. The van der Waals surface area contributed by atoms with Gasteiger partial charge < -0.3 is 5.73 Å². The second-order valence-electron chi connectivity index (χ2n) is 2.68. The van der Waals surface area contributed by atoms with Crippen LogP contribution < -0.4 is 5.73 Å². The van der Waals surface area contributed by atoms with Crippen LogP contribution in [0.25, 0.3) is 0 Å². The molecule has 0 aliphatic heterocycles. The van der Waals surface area contributed by atoms with Crippen LogP contribution in [0.2, 0.25) is 0 Å². The van der Waals surface area contributed by atoms with E-state index in [1.165, 1.54) is 11.8 Å². The number of nitrogens with two attached hydrogens (primary N) is 1. The molecule has 66 valence electrons. The topological polar surface area (TPSA) is 43.1 Å². The molecule has 0 aromatic rings. The highest BCUT2D eigenvalue weighted by molar-refractivity contribution is 8.13. The molecule has 0 amide bonds. The minimum Gasteiger partial charge on any atom is -0.327 e. The maximum Gasteiger partial charge on any atom is 0.190 e. The molecule has 0 saturated heterocycles. The minimum absolute atomic E-state index is 0.0786. The van der Waals surface area contributed by atoms with Gasteiger partial charge in [0.05, 0.1) is 0 Å². The molecule has 0 aliphatic rings. The van der Waals surface area contributed by atoms with Crippen molar-refractivity contribution < 1.29 is 4.79 Å². The Hall–Kier alpha value is -0.0200. The Morgan fingerprint density at radius 2 is 2.27 bits per heavy atom. The molecule has 0 saturated carbocycles. The molecule has 0 aromatic heterocycles. The van der Waals surface area contributed by atoms with Crippen LogP contribution in [0, 0.1) is 0 Å². The van der Waals surface area contributed by atoms with Crippen molar-refractivity contribution in [2.24, 2.45) is 5.73 Å². The van der Waals surface area contributed by atoms with Crippen LogP contribution in [0.5, 0.6) is 0 Å². The summed E-state index contributed by atoms with van der Waals surface area (Å²) in [6.07, 6.45) is 5.59. The highest BCUT2D eigenvalue weighted by atomic mass is 32.2. The average Bonchev–Trinajstić information content (AvgIpc) is 2.00. The Labute approximate surface area is 72.9 Å².